The van der Waals surface area contributed by atoms with Crippen LogP contribution in [0.2, 0.25) is 0 Å². The first-order valence-corrected chi connectivity index (χ1v) is 10.2. The molecule has 7 heteroatoms. The first-order valence-electron chi connectivity index (χ1n) is 7.75. The van der Waals surface area contributed by atoms with Crippen LogP contribution in [0.3, 0.4) is 0 Å². The molecule has 1 atom stereocenters. The number of aliphatic hydroxyl groups excluding tert-OH is 1. The maximum absolute atomic E-state index is 12.5. The molecule has 0 aliphatic heterocycles. The number of hydrogen-bond acceptors (Lipinski definition) is 5. The molecule has 2 rings (SSSR count). The Labute approximate surface area is 147 Å². The van der Waals surface area contributed by atoms with E-state index in [1.807, 2.05) is 16.8 Å². The Morgan fingerprint density at radius 1 is 1.29 bits per heavy atom. The van der Waals surface area contributed by atoms with Gasteiger partial charge < -0.3 is 9.84 Å². The molecule has 0 bridgehead atoms. The summed E-state index contributed by atoms with van der Waals surface area (Å²) in [4.78, 5) is 0.262. The van der Waals surface area contributed by atoms with Gasteiger partial charge in [0.15, 0.2) is 0 Å². The van der Waals surface area contributed by atoms with Crippen molar-refractivity contribution in [1.29, 1.82) is 0 Å². The van der Waals surface area contributed by atoms with Gasteiger partial charge in [0.25, 0.3) is 0 Å². The van der Waals surface area contributed by atoms with Crippen LogP contribution in [0.1, 0.15) is 29.9 Å². The summed E-state index contributed by atoms with van der Waals surface area (Å²) in [6.45, 7) is 2.16. The van der Waals surface area contributed by atoms with Gasteiger partial charge in [0.1, 0.15) is 5.75 Å². The number of methoxy groups -OCH3 is 1. The van der Waals surface area contributed by atoms with E-state index in [-0.39, 0.29) is 17.4 Å². The Hall–Kier alpha value is -1.41. The van der Waals surface area contributed by atoms with Gasteiger partial charge in [-0.3, -0.25) is 0 Å². The van der Waals surface area contributed by atoms with Gasteiger partial charge in [-0.2, -0.15) is 11.3 Å². The van der Waals surface area contributed by atoms with Gasteiger partial charge in [-0.05, 0) is 71.8 Å². The quantitative estimate of drug-likeness (QED) is 0.713. The van der Waals surface area contributed by atoms with Crippen LogP contribution in [0.15, 0.2) is 39.9 Å². The molecule has 1 aromatic heterocycles. The van der Waals surface area contributed by atoms with Gasteiger partial charge in [0.05, 0.1) is 12.0 Å². The number of aliphatic hydroxyl groups is 1. The molecule has 5 nitrogen and oxygen atoms in total. The average molecular weight is 370 g/mol. The molecule has 0 saturated heterocycles. The second-order valence-corrected chi connectivity index (χ2v) is 8.10. The Kier molecular flexibility index (Phi) is 6.79. The first kappa shape index (κ1) is 18.9. The van der Waals surface area contributed by atoms with Gasteiger partial charge in [0.2, 0.25) is 10.0 Å². The summed E-state index contributed by atoms with van der Waals surface area (Å²) in [7, 11) is -2.01. The van der Waals surface area contributed by atoms with Crippen LogP contribution in [0.25, 0.3) is 0 Å². The molecule has 2 N–H and O–H groups in total. The second-order valence-electron chi connectivity index (χ2n) is 5.58. The van der Waals surface area contributed by atoms with E-state index in [9.17, 15) is 13.5 Å². The smallest absolute Gasteiger partial charge is 0.240 e. The zero-order valence-corrected chi connectivity index (χ0v) is 15.5. The number of nitrogens with one attached hydrogen (secondary N) is 1. The summed E-state index contributed by atoms with van der Waals surface area (Å²) in [5.74, 6) is 0.785. The van der Waals surface area contributed by atoms with Gasteiger partial charge in [-0.15, -0.1) is 0 Å². The standard InChI is InChI=1S/C17H23NO4S2/c1-13-11-16(22-2)3-4-17(13)24(20,21)18-8-5-14(6-9-19)15-7-10-23-12-15/h3-4,7,10-12,14,18-19H,5-6,8-9H2,1-2H3. The van der Waals surface area contributed by atoms with Crippen molar-refractivity contribution in [1.82, 2.24) is 4.72 Å². The molecule has 0 amide bonds. The number of rotatable bonds is 9. The van der Waals surface area contributed by atoms with E-state index in [0.29, 0.717) is 30.7 Å². The largest absolute Gasteiger partial charge is 0.497 e. The van der Waals surface area contributed by atoms with E-state index in [0.717, 1.165) is 5.56 Å². The van der Waals surface area contributed by atoms with Gasteiger partial charge >= 0.3 is 0 Å². The number of sulfonamides is 1. The monoisotopic (exact) mass is 369 g/mol. The summed E-state index contributed by atoms with van der Waals surface area (Å²) in [6.07, 6.45) is 1.27. The van der Waals surface area contributed by atoms with Crippen molar-refractivity contribution in [3.63, 3.8) is 0 Å². The highest BCUT2D eigenvalue weighted by atomic mass is 32.2. The highest BCUT2D eigenvalue weighted by Crippen LogP contribution is 2.25. The minimum atomic E-state index is -3.56. The topological polar surface area (TPSA) is 75.6 Å². The van der Waals surface area contributed by atoms with E-state index < -0.39 is 10.0 Å². The molecule has 1 heterocycles. The van der Waals surface area contributed by atoms with E-state index in [4.69, 9.17) is 4.74 Å². The van der Waals surface area contributed by atoms with Gasteiger partial charge in [-0.1, -0.05) is 0 Å². The minimum absolute atomic E-state index is 0.0881. The lowest BCUT2D eigenvalue weighted by Gasteiger charge is -2.16. The molecule has 132 valence electrons. The third-order valence-electron chi connectivity index (χ3n) is 3.95. The highest BCUT2D eigenvalue weighted by molar-refractivity contribution is 7.89. The molecule has 2 aromatic rings. The maximum Gasteiger partial charge on any atom is 0.240 e. The molecular weight excluding hydrogens is 346 g/mol. The van der Waals surface area contributed by atoms with E-state index in [1.165, 1.54) is 0 Å². The van der Waals surface area contributed by atoms with Crippen LogP contribution in [-0.2, 0) is 10.0 Å². The first-order chi connectivity index (χ1) is 11.5. The van der Waals surface area contributed by atoms with Crippen LogP contribution in [0, 0.1) is 6.92 Å². The van der Waals surface area contributed by atoms with Crippen molar-refractivity contribution in [2.24, 2.45) is 0 Å². The Morgan fingerprint density at radius 2 is 2.08 bits per heavy atom. The van der Waals surface area contributed by atoms with Crippen molar-refractivity contribution in [2.75, 3.05) is 20.3 Å². The van der Waals surface area contributed by atoms with Crippen LogP contribution in [0.5, 0.6) is 5.75 Å². The van der Waals surface area contributed by atoms with Crippen molar-refractivity contribution >= 4 is 21.4 Å². The van der Waals surface area contributed by atoms with Gasteiger partial charge in [0, 0.05) is 13.2 Å². The predicted molar refractivity (Wildman–Crippen MR) is 96.3 cm³/mol. The number of thiophene rings is 1. The fourth-order valence-electron chi connectivity index (χ4n) is 2.64. The molecule has 0 spiro atoms. The second kappa shape index (κ2) is 8.62. The summed E-state index contributed by atoms with van der Waals surface area (Å²) in [5.41, 5.74) is 1.79. The summed E-state index contributed by atoms with van der Waals surface area (Å²) in [5, 5.41) is 13.2. The lowest BCUT2D eigenvalue weighted by molar-refractivity contribution is 0.273. The molecule has 24 heavy (non-hydrogen) atoms. The normalized spacial score (nSPS) is 13.0. The van der Waals surface area contributed by atoms with Crippen molar-refractivity contribution in [3.05, 3.63) is 46.2 Å². The lowest BCUT2D eigenvalue weighted by atomic mass is 9.95. The summed E-state index contributed by atoms with van der Waals surface area (Å²) in [6, 6.07) is 6.92. The zero-order chi connectivity index (χ0) is 17.6. The Morgan fingerprint density at radius 3 is 2.67 bits per heavy atom. The molecule has 0 radical (unpaired) electrons. The molecule has 0 fully saturated rings. The van der Waals surface area contributed by atoms with Crippen LogP contribution < -0.4 is 9.46 Å². The Balaban J connectivity index is 2.02. The SMILES string of the molecule is COc1ccc(S(=O)(=O)NCCC(CCO)c2ccsc2)c(C)c1. The molecule has 0 aliphatic rings. The van der Waals surface area contributed by atoms with Gasteiger partial charge in [-0.25, -0.2) is 13.1 Å². The maximum atomic E-state index is 12.5. The fraction of sp³-hybridized carbons (Fsp3) is 0.412. The number of hydrogen-bond donors (Lipinski definition) is 2. The minimum Gasteiger partial charge on any atom is -0.497 e. The lowest BCUT2D eigenvalue weighted by Crippen LogP contribution is -2.26. The van der Waals surface area contributed by atoms with Crippen LogP contribution >= 0.6 is 11.3 Å². The van der Waals surface area contributed by atoms with Crippen LogP contribution in [-0.4, -0.2) is 33.8 Å². The van der Waals surface area contributed by atoms with Crippen LogP contribution in [0.4, 0.5) is 0 Å². The van der Waals surface area contributed by atoms with Crippen molar-refractivity contribution < 1.29 is 18.3 Å². The number of aryl methyl sites for hydroxylation is 1. The zero-order valence-electron chi connectivity index (χ0n) is 13.9. The molecule has 1 unspecified atom stereocenters. The van der Waals surface area contributed by atoms with E-state index >= 15 is 0 Å². The summed E-state index contributed by atoms with van der Waals surface area (Å²) < 4.78 is 32.7. The molecule has 1 aromatic carbocycles. The molecule has 0 aliphatic carbocycles. The summed E-state index contributed by atoms with van der Waals surface area (Å²) >= 11 is 1.60. The third kappa shape index (κ3) is 4.80. The Bertz CT molecular complexity index is 742. The van der Waals surface area contributed by atoms with Crippen molar-refractivity contribution in [3.8, 4) is 5.75 Å². The van der Waals surface area contributed by atoms with E-state index in [2.05, 4.69) is 4.72 Å². The molecule has 0 saturated carbocycles. The molecular formula is C17H23NO4S2. The predicted octanol–water partition coefficient (Wildman–Crippen LogP) is 2.90. The van der Waals surface area contributed by atoms with E-state index in [1.54, 1.807) is 43.6 Å². The van der Waals surface area contributed by atoms with Crippen molar-refractivity contribution in [2.45, 2.75) is 30.6 Å². The number of ether oxygens (including phenoxy) is 1. The fourth-order valence-corrected chi connectivity index (χ4v) is 4.65. The number of benzene rings is 1. The third-order valence-corrected chi connectivity index (χ3v) is 6.27. The highest BCUT2D eigenvalue weighted by Gasteiger charge is 2.18. The average Bonchev–Trinajstić information content (AvgIpc) is 3.07.